The molecule has 0 saturated carbocycles. The largest absolute Gasteiger partial charge is 0.362 e. The predicted molar refractivity (Wildman–Crippen MR) is 118 cm³/mol. The van der Waals surface area contributed by atoms with Crippen molar-refractivity contribution in [1.29, 1.82) is 0 Å². The third-order valence-corrected chi connectivity index (χ3v) is 5.84. The predicted octanol–water partition coefficient (Wildman–Crippen LogP) is 4.77. The number of hydrogen-bond donors (Lipinski definition) is 2. The van der Waals surface area contributed by atoms with Crippen molar-refractivity contribution < 1.29 is 14.0 Å². The van der Waals surface area contributed by atoms with Crippen LogP contribution in [0.15, 0.2) is 65.1 Å². The molecule has 1 atom stereocenters. The highest BCUT2D eigenvalue weighted by Crippen LogP contribution is 2.46. The van der Waals surface area contributed by atoms with Gasteiger partial charge in [0.1, 0.15) is 11.6 Å². The Morgan fingerprint density at radius 2 is 1.84 bits per heavy atom. The maximum Gasteiger partial charge on any atom is 0.255 e. The van der Waals surface area contributed by atoms with Crippen LogP contribution in [0, 0.1) is 18.2 Å². The number of rotatable bonds is 3. The zero-order valence-corrected chi connectivity index (χ0v) is 18.2. The lowest BCUT2D eigenvalue weighted by molar-refractivity contribution is -0.118. The molecule has 0 radical (unpaired) electrons. The monoisotopic (exact) mass is 419 g/mol. The third kappa shape index (κ3) is 4.15. The van der Waals surface area contributed by atoms with Crippen LogP contribution in [-0.4, -0.2) is 16.7 Å². The van der Waals surface area contributed by atoms with E-state index in [1.54, 1.807) is 24.4 Å². The summed E-state index contributed by atoms with van der Waals surface area (Å²) in [5, 5.41) is 6.18. The van der Waals surface area contributed by atoms with E-state index in [1.807, 2.05) is 19.9 Å². The van der Waals surface area contributed by atoms with Crippen LogP contribution in [0.2, 0.25) is 0 Å². The van der Waals surface area contributed by atoms with E-state index >= 15 is 0 Å². The molecule has 1 amide bonds. The summed E-state index contributed by atoms with van der Waals surface area (Å²) in [6.45, 7) is 7.89. The summed E-state index contributed by atoms with van der Waals surface area (Å²) in [7, 11) is 0. The SMILES string of the molecule is CC1=C(C(=O)Nc2ccc(C)cn2)C(c2ccc(F)cc2)C2=C(CC(C)(C)CC2=O)N1. The molecule has 0 spiro atoms. The van der Waals surface area contributed by atoms with Gasteiger partial charge in [0.05, 0.1) is 0 Å². The second kappa shape index (κ2) is 7.76. The lowest BCUT2D eigenvalue weighted by Gasteiger charge is -2.39. The lowest BCUT2D eigenvalue weighted by atomic mass is 9.68. The van der Waals surface area contributed by atoms with Gasteiger partial charge >= 0.3 is 0 Å². The first-order chi connectivity index (χ1) is 14.6. The van der Waals surface area contributed by atoms with Gasteiger partial charge in [0.2, 0.25) is 0 Å². The van der Waals surface area contributed by atoms with Crippen molar-refractivity contribution in [2.75, 3.05) is 5.32 Å². The molecule has 1 unspecified atom stereocenters. The molecule has 5 nitrogen and oxygen atoms in total. The van der Waals surface area contributed by atoms with Crippen molar-refractivity contribution >= 4 is 17.5 Å². The average molecular weight is 420 g/mol. The lowest BCUT2D eigenvalue weighted by Crippen LogP contribution is -2.39. The maximum atomic E-state index is 13.6. The van der Waals surface area contributed by atoms with Crippen LogP contribution in [0.3, 0.4) is 0 Å². The van der Waals surface area contributed by atoms with Crippen molar-refractivity contribution in [2.24, 2.45) is 5.41 Å². The molecule has 2 aromatic rings. The van der Waals surface area contributed by atoms with E-state index in [2.05, 4.69) is 29.5 Å². The first kappa shape index (κ1) is 21.0. The number of Topliss-reactive ketones (excluding diaryl/α,β-unsaturated/α-hetero) is 1. The number of pyridine rings is 1. The Morgan fingerprint density at radius 3 is 2.48 bits per heavy atom. The fourth-order valence-corrected chi connectivity index (χ4v) is 4.45. The average Bonchev–Trinajstić information content (AvgIpc) is 2.68. The van der Waals surface area contributed by atoms with Gasteiger partial charge in [-0.05, 0) is 55.0 Å². The summed E-state index contributed by atoms with van der Waals surface area (Å²) < 4.78 is 13.6. The molecule has 2 heterocycles. The van der Waals surface area contributed by atoms with E-state index < -0.39 is 5.92 Å². The van der Waals surface area contributed by atoms with Crippen molar-refractivity contribution in [1.82, 2.24) is 10.3 Å². The summed E-state index contributed by atoms with van der Waals surface area (Å²) in [5.74, 6) is -0.812. The Hall–Kier alpha value is -3.28. The molecule has 31 heavy (non-hydrogen) atoms. The number of hydrogen-bond acceptors (Lipinski definition) is 4. The fraction of sp³-hybridized carbons (Fsp3) is 0.320. The number of nitrogens with one attached hydrogen (secondary N) is 2. The number of halogens is 1. The highest BCUT2D eigenvalue weighted by Gasteiger charge is 2.42. The Kier molecular flexibility index (Phi) is 5.25. The van der Waals surface area contributed by atoms with Crippen LogP contribution in [0.5, 0.6) is 0 Å². The van der Waals surface area contributed by atoms with Crippen molar-refractivity contribution in [3.63, 3.8) is 0 Å². The standard InChI is InChI=1S/C25H26FN3O2/c1-14-5-10-20(27-13-14)29-24(31)21-15(2)28-18-11-25(3,4)12-19(30)23(18)22(21)16-6-8-17(26)9-7-16/h5-10,13,22,28H,11-12H2,1-4H3,(H,27,29,31). The summed E-state index contributed by atoms with van der Waals surface area (Å²) in [5.41, 5.74) is 4.11. The van der Waals surface area contributed by atoms with E-state index in [9.17, 15) is 14.0 Å². The molecule has 0 saturated heterocycles. The minimum absolute atomic E-state index is 0.0133. The first-order valence-electron chi connectivity index (χ1n) is 10.4. The number of dihydropyridines is 1. The molecule has 1 aromatic carbocycles. The van der Waals surface area contributed by atoms with Gasteiger partial charge in [0.25, 0.3) is 5.91 Å². The zero-order valence-electron chi connectivity index (χ0n) is 18.2. The summed E-state index contributed by atoms with van der Waals surface area (Å²) in [6.07, 6.45) is 2.79. The van der Waals surface area contributed by atoms with Crippen LogP contribution < -0.4 is 10.6 Å². The molecule has 1 aromatic heterocycles. The number of nitrogens with zero attached hydrogens (tertiary/aromatic N) is 1. The fourth-order valence-electron chi connectivity index (χ4n) is 4.45. The maximum absolute atomic E-state index is 13.6. The van der Waals surface area contributed by atoms with Crippen LogP contribution in [0.1, 0.15) is 50.7 Å². The Bertz CT molecular complexity index is 1110. The molecule has 1 aliphatic carbocycles. The molecular weight excluding hydrogens is 393 g/mol. The van der Waals surface area contributed by atoms with Crippen molar-refractivity contribution in [3.8, 4) is 0 Å². The minimum Gasteiger partial charge on any atom is -0.362 e. The summed E-state index contributed by atoms with van der Waals surface area (Å²) >= 11 is 0. The van der Waals surface area contributed by atoms with E-state index in [0.29, 0.717) is 41.1 Å². The second-order valence-electron chi connectivity index (χ2n) is 9.16. The molecule has 0 bridgehead atoms. The number of allylic oxidation sites excluding steroid dienone is 3. The number of amides is 1. The number of ketones is 1. The van der Waals surface area contributed by atoms with Crippen molar-refractivity contribution in [2.45, 2.75) is 46.5 Å². The van der Waals surface area contributed by atoms with Crippen molar-refractivity contribution in [3.05, 3.63) is 82.1 Å². The van der Waals surface area contributed by atoms with Gasteiger partial charge in [-0.15, -0.1) is 0 Å². The second-order valence-corrected chi connectivity index (χ2v) is 9.16. The van der Waals surface area contributed by atoms with Crippen LogP contribution in [0.25, 0.3) is 0 Å². The van der Waals surface area contributed by atoms with E-state index in [0.717, 1.165) is 11.3 Å². The van der Waals surface area contributed by atoms with Gasteiger partial charge in [-0.2, -0.15) is 0 Å². The molecule has 1 aliphatic heterocycles. The minimum atomic E-state index is -0.564. The summed E-state index contributed by atoms with van der Waals surface area (Å²) in [4.78, 5) is 30.9. The Balaban J connectivity index is 1.79. The first-order valence-corrected chi connectivity index (χ1v) is 10.4. The number of benzene rings is 1. The van der Waals surface area contributed by atoms with Crippen LogP contribution >= 0.6 is 0 Å². The van der Waals surface area contributed by atoms with E-state index in [1.165, 1.54) is 12.1 Å². The van der Waals surface area contributed by atoms with Gasteiger partial charge in [-0.3, -0.25) is 9.59 Å². The number of carbonyl (C=O) groups excluding carboxylic acids is 2. The molecule has 6 heteroatoms. The van der Waals surface area contributed by atoms with Gasteiger partial charge < -0.3 is 10.6 Å². The normalized spacial score (nSPS) is 20.3. The molecule has 2 aliphatic rings. The van der Waals surface area contributed by atoms with Gasteiger partial charge in [-0.1, -0.05) is 32.0 Å². The Labute approximate surface area is 181 Å². The van der Waals surface area contributed by atoms with Gasteiger partial charge in [0.15, 0.2) is 5.78 Å². The molecule has 0 fully saturated rings. The molecular formula is C25H26FN3O2. The molecule has 2 N–H and O–H groups in total. The zero-order chi connectivity index (χ0) is 22.3. The van der Waals surface area contributed by atoms with Gasteiger partial charge in [0, 0.05) is 41.1 Å². The topological polar surface area (TPSA) is 71.1 Å². The van der Waals surface area contributed by atoms with E-state index in [-0.39, 0.29) is 22.9 Å². The highest BCUT2D eigenvalue weighted by atomic mass is 19.1. The van der Waals surface area contributed by atoms with Crippen LogP contribution in [0.4, 0.5) is 10.2 Å². The number of aryl methyl sites for hydroxylation is 1. The summed E-state index contributed by atoms with van der Waals surface area (Å²) in [6, 6.07) is 9.63. The number of carbonyl (C=O) groups is 2. The third-order valence-electron chi connectivity index (χ3n) is 5.84. The van der Waals surface area contributed by atoms with Crippen LogP contribution in [-0.2, 0) is 9.59 Å². The molecule has 4 rings (SSSR count). The molecule has 160 valence electrons. The smallest absolute Gasteiger partial charge is 0.255 e. The Morgan fingerprint density at radius 1 is 1.13 bits per heavy atom. The number of anilines is 1. The highest BCUT2D eigenvalue weighted by molar-refractivity contribution is 6.09. The number of aromatic nitrogens is 1. The van der Waals surface area contributed by atoms with Gasteiger partial charge in [-0.25, -0.2) is 9.37 Å². The van der Waals surface area contributed by atoms with E-state index in [4.69, 9.17) is 0 Å². The quantitative estimate of drug-likeness (QED) is 0.752.